The summed E-state index contributed by atoms with van der Waals surface area (Å²) in [6, 6.07) is 4.07. The molecule has 1 heterocycles. The van der Waals surface area contributed by atoms with Crippen molar-refractivity contribution in [1.29, 1.82) is 0 Å². The fraction of sp³-hybridized carbons (Fsp3) is 0.500. The van der Waals surface area contributed by atoms with Gasteiger partial charge in [-0.15, -0.1) is 6.58 Å². The maximum atomic E-state index is 5.62. The quantitative estimate of drug-likeness (QED) is 0.737. The molecule has 0 saturated heterocycles. The number of hydrogen-bond donors (Lipinski definition) is 1. The number of nitrogens with one attached hydrogen (secondary N) is 1. The Labute approximate surface area is 104 Å². The largest absolute Gasteiger partial charge is 0.477 e. The highest BCUT2D eigenvalue weighted by molar-refractivity contribution is 5.24. The summed E-state index contributed by atoms with van der Waals surface area (Å²) in [5.41, 5.74) is 3.33. The molecule has 1 aromatic rings. The van der Waals surface area contributed by atoms with Gasteiger partial charge in [-0.3, -0.25) is 0 Å². The molecular weight excluding hydrogens is 212 g/mol. The van der Waals surface area contributed by atoms with Gasteiger partial charge in [0.25, 0.3) is 0 Å². The predicted molar refractivity (Wildman–Crippen MR) is 71.3 cm³/mol. The molecule has 0 bridgehead atoms. The second kappa shape index (κ2) is 7.07. The van der Waals surface area contributed by atoms with Crippen molar-refractivity contribution in [1.82, 2.24) is 10.3 Å². The first-order chi connectivity index (χ1) is 8.11. The minimum atomic E-state index is 0.645. The summed E-state index contributed by atoms with van der Waals surface area (Å²) < 4.78 is 5.62. The zero-order chi connectivity index (χ0) is 12.7. The van der Waals surface area contributed by atoms with Gasteiger partial charge >= 0.3 is 0 Å². The van der Waals surface area contributed by atoms with Crippen LogP contribution in [0.1, 0.15) is 31.5 Å². The normalized spacial score (nSPS) is 10.3. The van der Waals surface area contributed by atoms with E-state index in [-0.39, 0.29) is 0 Å². The monoisotopic (exact) mass is 234 g/mol. The maximum absolute atomic E-state index is 5.62. The molecule has 1 rings (SSSR count). The van der Waals surface area contributed by atoms with E-state index < -0.39 is 0 Å². The third-order valence-corrected chi connectivity index (χ3v) is 2.35. The minimum Gasteiger partial charge on any atom is -0.477 e. The summed E-state index contributed by atoms with van der Waals surface area (Å²) in [7, 11) is 0. The molecule has 0 unspecified atom stereocenters. The second-order valence-corrected chi connectivity index (χ2v) is 4.29. The van der Waals surface area contributed by atoms with Gasteiger partial charge in [-0.05, 0) is 32.0 Å². The summed E-state index contributed by atoms with van der Waals surface area (Å²) in [6.45, 7) is 12.4. The highest BCUT2D eigenvalue weighted by Gasteiger charge is 2.01. The maximum Gasteiger partial charge on any atom is 0.213 e. The SMILES string of the molecule is C=C(C)CCOc1cc(CNCC)cc(C)n1. The van der Waals surface area contributed by atoms with Crippen molar-refractivity contribution < 1.29 is 4.74 Å². The van der Waals surface area contributed by atoms with Crippen molar-refractivity contribution in [3.05, 3.63) is 35.5 Å². The molecule has 17 heavy (non-hydrogen) atoms. The molecule has 3 heteroatoms. The van der Waals surface area contributed by atoms with Crippen LogP contribution in [0.5, 0.6) is 5.88 Å². The molecule has 0 spiro atoms. The third-order valence-electron chi connectivity index (χ3n) is 2.35. The molecule has 94 valence electrons. The van der Waals surface area contributed by atoms with E-state index in [1.165, 1.54) is 5.56 Å². The second-order valence-electron chi connectivity index (χ2n) is 4.29. The first-order valence-electron chi connectivity index (χ1n) is 6.07. The molecule has 0 amide bonds. The highest BCUT2D eigenvalue weighted by atomic mass is 16.5. The van der Waals surface area contributed by atoms with Gasteiger partial charge in [0, 0.05) is 24.7 Å². The Morgan fingerprint density at radius 1 is 1.47 bits per heavy atom. The van der Waals surface area contributed by atoms with Crippen LogP contribution in [0.2, 0.25) is 0 Å². The average molecular weight is 234 g/mol. The molecule has 0 aliphatic carbocycles. The van der Waals surface area contributed by atoms with Gasteiger partial charge in [0.15, 0.2) is 0 Å². The van der Waals surface area contributed by atoms with Crippen molar-refractivity contribution >= 4 is 0 Å². The highest BCUT2D eigenvalue weighted by Crippen LogP contribution is 2.13. The van der Waals surface area contributed by atoms with Crippen molar-refractivity contribution in [3.8, 4) is 5.88 Å². The van der Waals surface area contributed by atoms with E-state index in [0.717, 1.165) is 30.8 Å². The van der Waals surface area contributed by atoms with E-state index in [4.69, 9.17) is 4.74 Å². The summed E-state index contributed by atoms with van der Waals surface area (Å²) in [4.78, 5) is 4.36. The lowest BCUT2D eigenvalue weighted by atomic mass is 10.2. The standard InChI is InChI=1S/C14H22N2O/c1-5-15-10-13-8-12(4)16-14(9-13)17-7-6-11(2)3/h8-9,15H,2,5-7,10H2,1,3-4H3. The van der Waals surface area contributed by atoms with Gasteiger partial charge < -0.3 is 10.1 Å². The van der Waals surface area contributed by atoms with Crippen LogP contribution < -0.4 is 10.1 Å². The number of ether oxygens (including phenoxy) is 1. The Bertz CT molecular complexity index is 374. The van der Waals surface area contributed by atoms with Gasteiger partial charge in [-0.25, -0.2) is 4.98 Å². The molecule has 0 radical (unpaired) electrons. The number of aromatic nitrogens is 1. The lowest BCUT2D eigenvalue weighted by Crippen LogP contribution is -2.12. The van der Waals surface area contributed by atoms with E-state index in [1.807, 2.05) is 19.9 Å². The van der Waals surface area contributed by atoms with Crippen LogP contribution in [0, 0.1) is 6.92 Å². The number of rotatable bonds is 7. The first kappa shape index (κ1) is 13.7. The van der Waals surface area contributed by atoms with Crippen LogP contribution >= 0.6 is 0 Å². The number of aryl methyl sites for hydroxylation is 1. The van der Waals surface area contributed by atoms with E-state index in [9.17, 15) is 0 Å². The zero-order valence-electron chi connectivity index (χ0n) is 11.0. The molecule has 1 N–H and O–H groups in total. The van der Waals surface area contributed by atoms with Gasteiger partial charge in [-0.2, -0.15) is 0 Å². The molecule has 0 aromatic carbocycles. The van der Waals surface area contributed by atoms with Gasteiger partial charge in [0.1, 0.15) is 0 Å². The Balaban J connectivity index is 2.58. The smallest absolute Gasteiger partial charge is 0.213 e. The van der Waals surface area contributed by atoms with Gasteiger partial charge in [-0.1, -0.05) is 12.5 Å². The van der Waals surface area contributed by atoms with Crippen LogP contribution in [-0.2, 0) is 6.54 Å². The summed E-state index contributed by atoms with van der Waals surface area (Å²) in [5.74, 6) is 0.708. The summed E-state index contributed by atoms with van der Waals surface area (Å²) in [6.07, 6.45) is 0.873. The van der Waals surface area contributed by atoms with Crippen molar-refractivity contribution in [2.75, 3.05) is 13.2 Å². The topological polar surface area (TPSA) is 34.1 Å². The Kier molecular flexibility index (Phi) is 5.70. The number of nitrogens with zero attached hydrogens (tertiary/aromatic N) is 1. The van der Waals surface area contributed by atoms with E-state index in [1.54, 1.807) is 0 Å². The summed E-state index contributed by atoms with van der Waals surface area (Å²) in [5, 5.41) is 3.30. The lowest BCUT2D eigenvalue weighted by molar-refractivity contribution is 0.308. The molecule has 0 aliphatic heterocycles. The van der Waals surface area contributed by atoms with Crippen molar-refractivity contribution in [3.63, 3.8) is 0 Å². The molecular formula is C14H22N2O. The molecule has 1 aromatic heterocycles. The lowest BCUT2D eigenvalue weighted by Gasteiger charge is -2.09. The van der Waals surface area contributed by atoms with Crippen LogP contribution in [0.3, 0.4) is 0 Å². The molecule has 0 atom stereocenters. The Morgan fingerprint density at radius 2 is 2.24 bits per heavy atom. The number of hydrogen-bond acceptors (Lipinski definition) is 3. The molecule has 0 saturated carbocycles. The van der Waals surface area contributed by atoms with Crippen LogP contribution in [0.4, 0.5) is 0 Å². The van der Waals surface area contributed by atoms with Gasteiger partial charge in [0.2, 0.25) is 5.88 Å². The van der Waals surface area contributed by atoms with Crippen LogP contribution in [0.25, 0.3) is 0 Å². The van der Waals surface area contributed by atoms with E-state index >= 15 is 0 Å². The fourth-order valence-electron chi connectivity index (χ4n) is 1.48. The van der Waals surface area contributed by atoms with Crippen LogP contribution in [-0.4, -0.2) is 18.1 Å². The van der Waals surface area contributed by atoms with Gasteiger partial charge in [0.05, 0.1) is 6.61 Å². The van der Waals surface area contributed by atoms with Crippen molar-refractivity contribution in [2.45, 2.75) is 33.7 Å². The summed E-state index contributed by atoms with van der Waals surface area (Å²) >= 11 is 0. The van der Waals surface area contributed by atoms with Crippen LogP contribution in [0.15, 0.2) is 24.3 Å². The number of pyridine rings is 1. The predicted octanol–water partition coefficient (Wildman–Crippen LogP) is 2.84. The first-order valence-corrected chi connectivity index (χ1v) is 6.07. The molecule has 3 nitrogen and oxygen atoms in total. The van der Waals surface area contributed by atoms with Crippen molar-refractivity contribution in [2.24, 2.45) is 0 Å². The van der Waals surface area contributed by atoms with E-state index in [2.05, 4.69) is 29.9 Å². The Morgan fingerprint density at radius 3 is 2.88 bits per heavy atom. The third kappa shape index (κ3) is 5.50. The molecule has 0 fully saturated rings. The molecule has 0 aliphatic rings. The minimum absolute atomic E-state index is 0.645. The van der Waals surface area contributed by atoms with E-state index in [0.29, 0.717) is 12.5 Å². The zero-order valence-corrected chi connectivity index (χ0v) is 11.0. The Hall–Kier alpha value is -1.35. The fourth-order valence-corrected chi connectivity index (χ4v) is 1.48. The average Bonchev–Trinajstić information content (AvgIpc) is 2.25.